The summed E-state index contributed by atoms with van der Waals surface area (Å²) >= 11 is 2.06. The van der Waals surface area contributed by atoms with Gasteiger partial charge in [0.2, 0.25) is 0 Å². The van der Waals surface area contributed by atoms with Gasteiger partial charge < -0.3 is 5.32 Å². The summed E-state index contributed by atoms with van der Waals surface area (Å²) in [6, 6.07) is 7.25. The van der Waals surface area contributed by atoms with Crippen molar-refractivity contribution in [1.82, 2.24) is 5.32 Å². The molecule has 0 saturated heterocycles. The predicted molar refractivity (Wildman–Crippen MR) is 84.5 cm³/mol. The van der Waals surface area contributed by atoms with Crippen LogP contribution in [0.3, 0.4) is 0 Å². The fourth-order valence-corrected chi connectivity index (χ4v) is 3.01. The van der Waals surface area contributed by atoms with E-state index >= 15 is 0 Å². The summed E-state index contributed by atoms with van der Waals surface area (Å²) in [5, 5.41) is 4.15. The maximum Gasteiger partial charge on any atom is 0.0409 e. The van der Waals surface area contributed by atoms with E-state index in [4.69, 9.17) is 0 Å². The Balaban J connectivity index is 2.68. The Kier molecular flexibility index (Phi) is 6.24. The van der Waals surface area contributed by atoms with Crippen LogP contribution in [0.5, 0.6) is 0 Å². The van der Waals surface area contributed by atoms with Crippen molar-refractivity contribution >= 4 is 11.8 Å². The van der Waals surface area contributed by atoms with Crippen molar-refractivity contribution in [1.29, 1.82) is 0 Å². The first-order valence-electron chi connectivity index (χ1n) is 6.81. The largest absolute Gasteiger partial charge is 0.312 e. The lowest BCUT2D eigenvalue weighted by atomic mass is 10.0. The predicted octanol–water partition coefficient (Wildman–Crippen LogP) is 4.34. The van der Waals surface area contributed by atoms with E-state index in [9.17, 15) is 0 Å². The van der Waals surface area contributed by atoms with Crippen LogP contribution in [0.25, 0.3) is 0 Å². The van der Waals surface area contributed by atoms with E-state index in [1.165, 1.54) is 16.7 Å². The molecular formula is C16H27NS. The SMILES string of the molecule is CNC(CSC(C)C(C)C)c1ccc(C)c(C)c1. The lowest BCUT2D eigenvalue weighted by molar-refractivity contribution is 0.629. The molecule has 1 N–H and O–H groups in total. The van der Waals surface area contributed by atoms with Crippen molar-refractivity contribution in [2.75, 3.05) is 12.8 Å². The molecule has 2 atom stereocenters. The second-order valence-corrected chi connectivity index (χ2v) is 6.88. The minimum Gasteiger partial charge on any atom is -0.312 e. The molecule has 102 valence electrons. The van der Waals surface area contributed by atoms with Crippen LogP contribution < -0.4 is 5.32 Å². The molecule has 0 bridgehead atoms. The molecule has 1 nitrogen and oxygen atoms in total. The van der Waals surface area contributed by atoms with Gasteiger partial charge in [-0.05, 0) is 43.5 Å². The molecule has 18 heavy (non-hydrogen) atoms. The highest BCUT2D eigenvalue weighted by atomic mass is 32.2. The van der Waals surface area contributed by atoms with Gasteiger partial charge in [-0.15, -0.1) is 0 Å². The Hall–Kier alpha value is -0.470. The van der Waals surface area contributed by atoms with Crippen LogP contribution in [-0.2, 0) is 0 Å². The van der Waals surface area contributed by atoms with Gasteiger partial charge in [-0.3, -0.25) is 0 Å². The Morgan fingerprint density at radius 1 is 1.11 bits per heavy atom. The third kappa shape index (κ3) is 4.33. The quantitative estimate of drug-likeness (QED) is 0.821. The zero-order valence-corrected chi connectivity index (χ0v) is 13.4. The van der Waals surface area contributed by atoms with Crippen LogP contribution in [0, 0.1) is 19.8 Å². The average molecular weight is 265 g/mol. The first kappa shape index (κ1) is 15.6. The normalized spacial score (nSPS) is 14.8. The molecule has 2 unspecified atom stereocenters. The first-order chi connectivity index (χ1) is 8.45. The van der Waals surface area contributed by atoms with E-state index in [0.717, 1.165) is 11.7 Å². The third-order valence-electron chi connectivity index (χ3n) is 3.75. The molecule has 1 aromatic carbocycles. The highest BCUT2D eigenvalue weighted by molar-refractivity contribution is 7.99. The summed E-state index contributed by atoms with van der Waals surface area (Å²) in [4.78, 5) is 0. The van der Waals surface area contributed by atoms with E-state index in [1.54, 1.807) is 0 Å². The average Bonchev–Trinajstić information content (AvgIpc) is 2.33. The van der Waals surface area contributed by atoms with Crippen LogP contribution >= 0.6 is 11.8 Å². The number of hydrogen-bond donors (Lipinski definition) is 1. The van der Waals surface area contributed by atoms with E-state index in [0.29, 0.717) is 11.3 Å². The molecule has 1 aromatic rings. The summed E-state index contributed by atoms with van der Waals surface area (Å²) in [6.45, 7) is 11.3. The molecule has 0 spiro atoms. The Morgan fingerprint density at radius 2 is 1.78 bits per heavy atom. The van der Waals surface area contributed by atoms with Gasteiger partial charge in [0.25, 0.3) is 0 Å². The Labute approximate surface area is 117 Å². The summed E-state index contributed by atoms with van der Waals surface area (Å²) in [5.41, 5.74) is 4.16. The van der Waals surface area contributed by atoms with Crippen LogP contribution in [-0.4, -0.2) is 18.1 Å². The van der Waals surface area contributed by atoms with Gasteiger partial charge in [-0.1, -0.05) is 39.0 Å². The molecule has 0 aromatic heterocycles. The van der Waals surface area contributed by atoms with Crippen molar-refractivity contribution in [3.63, 3.8) is 0 Å². The van der Waals surface area contributed by atoms with Crippen molar-refractivity contribution in [2.45, 2.75) is 45.9 Å². The maximum absolute atomic E-state index is 3.44. The molecule has 2 heteroatoms. The van der Waals surface area contributed by atoms with Crippen molar-refractivity contribution in [3.05, 3.63) is 34.9 Å². The monoisotopic (exact) mass is 265 g/mol. The Morgan fingerprint density at radius 3 is 2.28 bits per heavy atom. The summed E-state index contributed by atoms with van der Waals surface area (Å²) in [6.07, 6.45) is 0. The highest BCUT2D eigenvalue weighted by Crippen LogP contribution is 2.25. The van der Waals surface area contributed by atoms with Crippen LogP contribution in [0.2, 0.25) is 0 Å². The van der Waals surface area contributed by atoms with Crippen LogP contribution in [0.1, 0.15) is 43.5 Å². The fraction of sp³-hybridized carbons (Fsp3) is 0.625. The van der Waals surface area contributed by atoms with Crippen molar-refractivity contribution < 1.29 is 0 Å². The summed E-state index contributed by atoms with van der Waals surface area (Å²) < 4.78 is 0. The molecule has 0 aliphatic rings. The standard InChI is InChI=1S/C16H27NS/c1-11(2)14(5)18-10-16(17-6)15-8-7-12(3)13(4)9-15/h7-9,11,14,16-17H,10H2,1-6H3. The number of benzene rings is 1. The van der Waals surface area contributed by atoms with Crippen LogP contribution in [0.15, 0.2) is 18.2 Å². The molecule has 0 aliphatic carbocycles. The van der Waals surface area contributed by atoms with Gasteiger partial charge in [0, 0.05) is 17.0 Å². The third-order valence-corrected chi connectivity index (χ3v) is 5.34. The molecule has 0 amide bonds. The van der Waals surface area contributed by atoms with Gasteiger partial charge >= 0.3 is 0 Å². The second kappa shape index (κ2) is 7.20. The highest BCUT2D eigenvalue weighted by Gasteiger charge is 2.14. The van der Waals surface area contributed by atoms with E-state index < -0.39 is 0 Å². The second-order valence-electron chi connectivity index (χ2n) is 5.47. The van der Waals surface area contributed by atoms with E-state index in [2.05, 4.69) is 76.9 Å². The molecule has 0 aliphatic heterocycles. The maximum atomic E-state index is 3.44. The topological polar surface area (TPSA) is 12.0 Å². The van der Waals surface area contributed by atoms with Crippen molar-refractivity contribution in [2.24, 2.45) is 5.92 Å². The Bertz CT molecular complexity index is 373. The number of thioether (sulfide) groups is 1. The van der Waals surface area contributed by atoms with Gasteiger partial charge in [0.1, 0.15) is 0 Å². The van der Waals surface area contributed by atoms with Crippen LogP contribution in [0.4, 0.5) is 0 Å². The van der Waals surface area contributed by atoms with Gasteiger partial charge in [-0.2, -0.15) is 11.8 Å². The molecular weight excluding hydrogens is 238 g/mol. The zero-order chi connectivity index (χ0) is 13.7. The minimum atomic E-state index is 0.454. The number of aryl methyl sites for hydroxylation is 2. The minimum absolute atomic E-state index is 0.454. The number of nitrogens with one attached hydrogen (secondary N) is 1. The molecule has 1 rings (SSSR count). The summed E-state index contributed by atoms with van der Waals surface area (Å²) in [7, 11) is 2.06. The first-order valence-corrected chi connectivity index (χ1v) is 7.86. The lowest BCUT2D eigenvalue weighted by Gasteiger charge is -2.21. The van der Waals surface area contributed by atoms with Gasteiger partial charge in [0.15, 0.2) is 0 Å². The van der Waals surface area contributed by atoms with Gasteiger partial charge in [0.05, 0.1) is 0 Å². The van der Waals surface area contributed by atoms with E-state index in [1.807, 2.05) is 0 Å². The smallest absolute Gasteiger partial charge is 0.0409 e. The van der Waals surface area contributed by atoms with E-state index in [-0.39, 0.29) is 0 Å². The lowest BCUT2D eigenvalue weighted by Crippen LogP contribution is -2.21. The molecule has 0 fully saturated rings. The number of hydrogen-bond acceptors (Lipinski definition) is 2. The molecule has 0 heterocycles. The number of rotatable bonds is 6. The zero-order valence-electron chi connectivity index (χ0n) is 12.6. The van der Waals surface area contributed by atoms with Gasteiger partial charge in [-0.25, -0.2) is 0 Å². The molecule has 0 radical (unpaired) electrons. The summed E-state index contributed by atoms with van der Waals surface area (Å²) in [5.74, 6) is 1.88. The van der Waals surface area contributed by atoms with Crippen molar-refractivity contribution in [3.8, 4) is 0 Å². The fourth-order valence-electron chi connectivity index (χ4n) is 1.77. The molecule has 0 saturated carbocycles.